The number of Topliss-reactive ketones (excluding diaryl/α,β-unsaturated/α-hetero) is 1. The van der Waals surface area contributed by atoms with Crippen LogP contribution in [0.15, 0.2) is 42.5 Å². The van der Waals surface area contributed by atoms with Gasteiger partial charge >= 0.3 is 0 Å². The summed E-state index contributed by atoms with van der Waals surface area (Å²) in [5.41, 5.74) is 7.15. The normalized spacial score (nSPS) is 10.3. The number of hydrogen-bond acceptors (Lipinski definition) is 2. The van der Waals surface area contributed by atoms with Crippen LogP contribution in [-0.4, -0.2) is 5.78 Å². The van der Waals surface area contributed by atoms with E-state index in [1.165, 1.54) is 18.2 Å². The first-order valence-corrected chi connectivity index (χ1v) is 5.77. The lowest BCUT2D eigenvalue weighted by atomic mass is 10.0. The van der Waals surface area contributed by atoms with Gasteiger partial charge in [0.05, 0.1) is 0 Å². The second-order valence-corrected chi connectivity index (χ2v) is 4.37. The van der Waals surface area contributed by atoms with E-state index in [-0.39, 0.29) is 12.2 Å². The number of rotatable bonds is 3. The maximum Gasteiger partial charge on any atom is 0.167 e. The Kier molecular flexibility index (Phi) is 3.63. The molecule has 0 aromatic heterocycles. The van der Waals surface area contributed by atoms with E-state index in [0.717, 1.165) is 0 Å². The molecule has 2 rings (SSSR count). The number of anilines is 1. The summed E-state index contributed by atoms with van der Waals surface area (Å²) in [7, 11) is 0. The van der Waals surface area contributed by atoms with Crippen molar-refractivity contribution in [1.29, 1.82) is 0 Å². The molecule has 2 aromatic rings. The van der Waals surface area contributed by atoms with Crippen molar-refractivity contribution in [3.8, 4) is 0 Å². The van der Waals surface area contributed by atoms with Gasteiger partial charge in [-0.2, -0.15) is 0 Å². The second-order valence-electron chi connectivity index (χ2n) is 3.96. The lowest BCUT2D eigenvalue weighted by molar-refractivity contribution is 0.0992. The minimum atomic E-state index is -0.431. The molecule has 2 aromatic carbocycles. The molecule has 0 saturated heterocycles. The molecule has 0 amide bonds. The smallest absolute Gasteiger partial charge is 0.167 e. The monoisotopic (exact) mass is 263 g/mol. The summed E-state index contributed by atoms with van der Waals surface area (Å²) < 4.78 is 13.0. The average molecular weight is 264 g/mol. The maximum atomic E-state index is 13.0. The highest BCUT2D eigenvalue weighted by Gasteiger charge is 2.10. The summed E-state index contributed by atoms with van der Waals surface area (Å²) in [5, 5.41) is 0.481. The van der Waals surface area contributed by atoms with E-state index in [0.29, 0.717) is 21.8 Å². The third-order valence-corrected chi connectivity index (χ3v) is 2.94. The SMILES string of the molecule is Nc1ccc(Cl)c(CC(=O)c2cccc(F)c2)c1. The molecule has 0 atom stereocenters. The van der Waals surface area contributed by atoms with Gasteiger partial charge in [0.25, 0.3) is 0 Å². The van der Waals surface area contributed by atoms with Crippen LogP contribution < -0.4 is 5.73 Å². The molecular weight excluding hydrogens is 253 g/mol. The van der Waals surface area contributed by atoms with Crippen molar-refractivity contribution in [3.05, 3.63) is 64.4 Å². The van der Waals surface area contributed by atoms with Gasteiger partial charge < -0.3 is 5.73 Å². The van der Waals surface area contributed by atoms with Crippen LogP contribution in [0, 0.1) is 5.82 Å². The Labute approximate surface area is 109 Å². The Morgan fingerprint density at radius 1 is 1.22 bits per heavy atom. The third kappa shape index (κ3) is 2.87. The predicted molar refractivity (Wildman–Crippen MR) is 70.3 cm³/mol. The fourth-order valence-electron chi connectivity index (χ4n) is 1.67. The number of nitrogen functional groups attached to an aromatic ring is 1. The molecule has 18 heavy (non-hydrogen) atoms. The van der Waals surface area contributed by atoms with Gasteiger partial charge in [-0.3, -0.25) is 4.79 Å². The highest BCUT2D eigenvalue weighted by molar-refractivity contribution is 6.31. The Morgan fingerprint density at radius 3 is 2.72 bits per heavy atom. The van der Waals surface area contributed by atoms with E-state index in [4.69, 9.17) is 17.3 Å². The van der Waals surface area contributed by atoms with Gasteiger partial charge in [0.1, 0.15) is 5.82 Å². The third-order valence-electron chi connectivity index (χ3n) is 2.57. The molecule has 0 unspecified atom stereocenters. The minimum absolute atomic E-state index is 0.104. The van der Waals surface area contributed by atoms with Gasteiger partial charge in [0, 0.05) is 22.7 Å². The van der Waals surface area contributed by atoms with Crippen molar-refractivity contribution in [2.24, 2.45) is 0 Å². The molecule has 0 bridgehead atoms. The molecule has 0 radical (unpaired) electrons. The molecule has 0 saturated carbocycles. The van der Waals surface area contributed by atoms with Crippen molar-refractivity contribution in [3.63, 3.8) is 0 Å². The molecule has 0 aliphatic carbocycles. The Balaban J connectivity index is 2.24. The van der Waals surface area contributed by atoms with E-state index in [9.17, 15) is 9.18 Å². The lowest BCUT2D eigenvalue weighted by Crippen LogP contribution is -2.05. The molecule has 0 aliphatic rings. The number of ketones is 1. The van der Waals surface area contributed by atoms with Crippen LogP contribution in [0.3, 0.4) is 0 Å². The van der Waals surface area contributed by atoms with Gasteiger partial charge in [-0.1, -0.05) is 23.7 Å². The topological polar surface area (TPSA) is 43.1 Å². The van der Waals surface area contributed by atoms with Crippen LogP contribution in [0.25, 0.3) is 0 Å². The van der Waals surface area contributed by atoms with Gasteiger partial charge in [-0.05, 0) is 35.9 Å². The zero-order valence-electron chi connectivity index (χ0n) is 9.49. The van der Waals surface area contributed by atoms with Crippen LogP contribution in [0.5, 0.6) is 0 Å². The summed E-state index contributed by atoms with van der Waals surface area (Å²) in [6.07, 6.45) is 0.104. The van der Waals surface area contributed by atoms with Crippen molar-refractivity contribution in [2.45, 2.75) is 6.42 Å². The summed E-state index contributed by atoms with van der Waals surface area (Å²) in [4.78, 5) is 12.0. The number of halogens is 2. The second kappa shape index (κ2) is 5.19. The fourth-order valence-corrected chi connectivity index (χ4v) is 1.85. The van der Waals surface area contributed by atoms with E-state index >= 15 is 0 Å². The van der Waals surface area contributed by atoms with E-state index < -0.39 is 5.82 Å². The van der Waals surface area contributed by atoms with Crippen molar-refractivity contribution >= 4 is 23.1 Å². The molecule has 0 aliphatic heterocycles. The van der Waals surface area contributed by atoms with Gasteiger partial charge in [0.2, 0.25) is 0 Å². The zero-order valence-corrected chi connectivity index (χ0v) is 10.2. The van der Waals surface area contributed by atoms with E-state index in [1.807, 2.05) is 0 Å². The highest BCUT2D eigenvalue weighted by Crippen LogP contribution is 2.20. The molecule has 0 fully saturated rings. The quantitative estimate of drug-likeness (QED) is 0.680. The molecule has 2 nitrogen and oxygen atoms in total. The van der Waals surface area contributed by atoms with E-state index in [1.54, 1.807) is 24.3 Å². The number of hydrogen-bond donors (Lipinski definition) is 1. The number of carbonyl (C=O) groups excluding carboxylic acids is 1. The fraction of sp³-hybridized carbons (Fsp3) is 0.0714. The van der Waals surface area contributed by atoms with E-state index in [2.05, 4.69) is 0 Å². The summed E-state index contributed by atoms with van der Waals surface area (Å²) in [6, 6.07) is 10.5. The molecule has 4 heteroatoms. The van der Waals surface area contributed by atoms with Crippen LogP contribution in [0.1, 0.15) is 15.9 Å². The van der Waals surface area contributed by atoms with Gasteiger partial charge in [-0.15, -0.1) is 0 Å². The highest BCUT2D eigenvalue weighted by atomic mass is 35.5. The zero-order chi connectivity index (χ0) is 13.1. The average Bonchev–Trinajstić information content (AvgIpc) is 2.34. The van der Waals surface area contributed by atoms with Crippen LogP contribution in [-0.2, 0) is 6.42 Å². The first-order valence-electron chi connectivity index (χ1n) is 5.39. The van der Waals surface area contributed by atoms with Crippen molar-refractivity contribution in [1.82, 2.24) is 0 Å². The first kappa shape index (κ1) is 12.6. The molecule has 92 valence electrons. The number of benzene rings is 2. The summed E-state index contributed by atoms with van der Waals surface area (Å²) >= 11 is 5.98. The Bertz CT molecular complexity index is 598. The minimum Gasteiger partial charge on any atom is -0.399 e. The van der Waals surface area contributed by atoms with Crippen LogP contribution in [0.4, 0.5) is 10.1 Å². The predicted octanol–water partition coefficient (Wildman–Crippen LogP) is 3.49. The lowest BCUT2D eigenvalue weighted by Gasteiger charge is -2.05. The number of carbonyl (C=O) groups is 1. The van der Waals surface area contributed by atoms with Crippen molar-refractivity contribution < 1.29 is 9.18 Å². The molecular formula is C14H11ClFNO. The summed E-state index contributed by atoms with van der Waals surface area (Å²) in [5.74, 6) is -0.624. The maximum absolute atomic E-state index is 13.0. The Morgan fingerprint density at radius 2 is 2.00 bits per heavy atom. The van der Waals surface area contributed by atoms with Crippen LogP contribution in [0.2, 0.25) is 5.02 Å². The van der Waals surface area contributed by atoms with Gasteiger partial charge in [-0.25, -0.2) is 4.39 Å². The van der Waals surface area contributed by atoms with Crippen LogP contribution >= 0.6 is 11.6 Å². The largest absolute Gasteiger partial charge is 0.399 e. The number of nitrogens with two attached hydrogens (primary N) is 1. The molecule has 2 N–H and O–H groups in total. The standard InChI is InChI=1S/C14H11ClFNO/c15-13-5-4-12(17)7-10(13)8-14(18)9-2-1-3-11(16)6-9/h1-7H,8,17H2. The molecule has 0 heterocycles. The molecule has 0 spiro atoms. The summed E-state index contributed by atoms with van der Waals surface area (Å²) in [6.45, 7) is 0. The van der Waals surface area contributed by atoms with Crippen molar-refractivity contribution in [2.75, 3.05) is 5.73 Å². The Hall–Kier alpha value is -1.87. The first-order chi connectivity index (χ1) is 8.56. The van der Waals surface area contributed by atoms with Gasteiger partial charge in [0.15, 0.2) is 5.78 Å².